The Hall–Kier alpha value is -0.0900. The fraction of sp³-hybridized carbons (Fsp3) is 0.938. The summed E-state index contributed by atoms with van der Waals surface area (Å²) in [7, 11) is -3.11. The molecule has 0 spiro atoms. The second-order valence-corrected chi connectivity index (χ2v) is 9.86. The first-order valence-electron chi connectivity index (χ1n) is 8.69. The molecule has 1 unspecified atom stereocenters. The van der Waals surface area contributed by atoms with Gasteiger partial charge in [-0.05, 0) is 53.6 Å². The van der Waals surface area contributed by atoms with E-state index in [1.54, 1.807) is 20.8 Å². The van der Waals surface area contributed by atoms with E-state index >= 15 is 0 Å². The van der Waals surface area contributed by atoms with E-state index in [1.165, 1.54) is 12.8 Å². The summed E-state index contributed by atoms with van der Waals surface area (Å²) in [5.41, 5.74) is 0. The van der Waals surface area contributed by atoms with Gasteiger partial charge in [-0.2, -0.15) is 0 Å². The quantitative estimate of drug-likeness (QED) is 0.335. The van der Waals surface area contributed by atoms with Gasteiger partial charge < -0.3 is 10.6 Å². The molecule has 1 aliphatic rings. The fourth-order valence-corrected chi connectivity index (χ4v) is 3.65. The zero-order valence-electron chi connectivity index (χ0n) is 15.8. The lowest BCUT2D eigenvalue weighted by molar-refractivity contribution is 0.273. The number of sulfone groups is 1. The molecule has 0 aromatic heterocycles. The van der Waals surface area contributed by atoms with Crippen molar-refractivity contribution in [2.75, 3.05) is 38.5 Å². The lowest BCUT2D eigenvalue weighted by Crippen LogP contribution is -2.42. The predicted octanol–water partition coefficient (Wildman–Crippen LogP) is 1.86. The van der Waals surface area contributed by atoms with Crippen molar-refractivity contribution < 1.29 is 8.42 Å². The molecule has 0 aliphatic carbocycles. The zero-order chi connectivity index (χ0) is 17.5. The second kappa shape index (κ2) is 10.8. The van der Waals surface area contributed by atoms with Gasteiger partial charge >= 0.3 is 0 Å². The summed E-state index contributed by atoms with van der Waals surface area (Å²) in [6, 6.07) is 0.508. The minimum Gasteiger partial charge on any atom is -0.357 e. The van der Waals surface area contributed by atoms with Gasteiger partial charge in [-0.1, -0.05) is 6.92 Å². The van der Waals surface area contributed by atoms with Gasteiger partial charge in [0.1, 0.15) is 0 Å². The molecule has 1 heterocycles. The molecule has 0 radical (unpaired) electrons. The average molecular weight is 474 g/mol. The van der Waals surface area contributed by atoms with Crippen molar-refractivity contribution in [1.29, 1.82) is 0 Å². The maximum atomic E-state index is 12.1. The normalized spacial score (nSPS) is 19.9. The van der Waals surface area contributed by atoms with E-state index in [2.05, 4.69) is 27.4 Å². The van der Waals surface area contributed by atoms with Gasteiger partial charge in [0.05, 0.1) is 17.0 Å². The number of likely N-dealkylation sites (N-methyl/N-ethyl adjacent to an activating group) is 1. The third-order valence-electron chi connectivity index (χ3n) is 4.31. The molecule has 0 aromatic rings. The van der Waals surface area contributed by atoms with Crippen LogP contribution in [0.3, 0.4) is 0 Å². The molecule has 1 atom stereocenters. The molecule has 6 nitrogen and oxygen atoms in total. The molecule has 0 saturated carbocycles. The van der Waals surface area contributed by atoms with Crippen molar-refractivity contribution in [2.24, 2.45) is 4.99 Å². The summed E-state index contributed by atoms with van der Waals surface area (Å²) in [5, 5.41) is 6.34. The van der Waals surface area contributed by atoms with Gasteiger partial charge in [0.15, 0.2) is 15.8 Å². The topological polar surface area (TPSA) is 73.8 Å². The molecule has 0 amide bonds. The Kier molecular flexibility index (Phi) is 10.8. The third kappa shape index (κ3) is 7.43. The summed E-state index contributed by atoms with van der Waals surface area (Å²) in [4.78, 5) is 7.09. The summed E-state index contributed by atoms with van der Waals surface area (Å²) >= 11 is 0. The van der Waals surface area contributed by atoms with E-state index in [9.17, 15) is 8.42 Å². The standard InChI is InChI=1S/C16H34N4O2S.HI/c1-6-17-15(18-10-12-23(21,22)16(3,4)5)19-13-14-9-8-11-20(14)7-2;/h14H,6-13H2,1-5H3,(H2,17,18,19);1H. The van der Waals surface area contributed by atoms with Crippen molar-refractivity contribution >= 4 is 39.8 Å². The number of halogens is 1. The number of nitrogens with one attached hydrogen (secondary N) is 2. The fourth-order valence-electron chi connectivity index (χ4n) is 2.67. The van der Waals surface area contributed by atoms with Crippen LogP contribution in [0.5, 0.6) is 0 Å². The van der Waals surface area contributed by atoms with E-state index in [4.69, 9.17) is 0 Å². The first-order chi connectivity index (χ1) is 10.7. The SMILES string of the molecule is CCNC(=NCC1CCCN1CC)NCCS(=O)(=O)C(C)(C)C.I. The van der Waals surface area contributed by atoms with Crippen molar-refractivity contribution in [2.45, 2.75) is 58.2 Å². The van der Waals surface area contributed by atoms with Crippen LogP contribution in [0.1, 0.15) is 47.5 Å². The molecule has 1 aliphatic heterocycles. The molecule has 1 rings (SSSR count). The molecule has 1 fully saturated rings. The number of hydrogen-bond donors (Lipinski definition) is 2. The zero-order valence-corrected chi connectivity index (χ0v) is 18.9. The molecule has 24 heavy (non-hydrogen) atoms. The van der Waals surface area contributed by atoms with Crippen molar-refractivity contribution in [1.82, 2.24) is 15.5 Å². The van der Waals surface area contributed by atoms with Crippen LogP contribution in [-0.2, 0) is 9.84 Å². The number of hydrogen-bond acceptors (Lipinski definition) is 4. The summed E-state index contributed by atoms with van der Waals surface area (Å²) in [5.74, 6) is 0.824. The molecular weight excluding hydrogens is 439 g/mol. The second-order valence-electron chi connectivity index (χ2n) is 7.00. The smallest absolute Gasteiger partial charge is 0.191 e. The highest BCUT2D eigenvalue weighted by molar-refractivity contribution is 14.0. The maximum absolute atomic E-state index is 12.1. The first kappa shape index (κ1) is 23.9. The average Bonchev–Trinajstić information content (AvgIpc) is 2.90. The van der Waals surface area contributed by atoms with Crippen molar-refractivity contribution in [3.63, 3.8) is 0 Å². The molecule has 8 heteroatoms. The lowest BCUT2D eigenvalue weighted by Gasteiger charge is -2.22. The van der Waals surface area contributed by atoms with Crippen LogP contribution >= 0.6 is 24.0 Å². The van der Waals surface area contributed by atoms with Crippen molar-refractivity contribution in [3.8, 4) is 0 Å². The Bertz CT molecular complexity index is 489. The Morgan fingerprint density at radius 3 is 2.46 bits per heavy atom. The lowest BCUT2D eigenvalue weighted by atomic mass is 10.2. The van der Waals surface area contributed by atoms with Gasteiger partial charge in [0.2, 0.25) is 0 Å². The van der Waals surface area contributed by atoms with Gasteiger partial charge in [-0.25, -0.2) is 8.42 Å². The Morgan fingerprint density at radius 1 is 1.25 bits per heavy atom. The molecular formula is C16H35IN4O2S. The number of rotatable bonds is 7. The van der Waals surface area contributed by atoms with Crippen LogP contribution in [-0.4, -0.2) is 68.5 Å². The van der Waals surface area contributed by atoms with Crippen LogP contribution in [0.15, 0.2) is 4.99 Å². The van der Waals surface area contributed by atoms with Crippen LogP contribution in [0.2, 0.25) is 0 Å². The van der Waals surface area contributed by atoms with Gasteiger partial charge in [0.25, 0.3) is 0 Å². The number of aliphatic imine (C=N–C) groups is 1. The van der Waals surface area contributed by atoms with Gasteiger partial charge in [0, 0.05) is 19.1 Å². The van der Waals surface area contributed by atoms with E-state index in [0.717, 1.165) is 26.2 Å². The Labute approximate surface area is 165 Å². The first-order valence-corrected chi connectivity index (χ1v) is 10.3. The third-order valence-corrected chi connectivity index (χ3v) is 6.91. The molecule has 0 aromatic carbocycles. The minimum absolute atomic E-state index is 0. The highest BCUT2D eigenvalue weighted by Gasteiger charge is 2.28. The maximum Gasteiger partial charge on any atom is 0.191 e. The van der Waals surface area contributed by atoms with E-state index in [-0.39, 0.29) is 29.7 Å². The number of likely N-dealkylation sites (tertiary alicyclic amines) is 1. The molecule has 1 saturated heterocycles. The van der Waals surface area contributed by atoms with Crippen molar-refractivity contribution in [3.05, 3.63) is 0 Å². The number of guanidine groups is 1. The van der Waals surface area contributed by atoms with Gasteiger partial charge in [-0.3, -0.25) is 9.89 Å². The highest BCUT2D eigenvalue weighted by atomic mass is 127. The Morgan fingerprint density at radius 2 is 1.92 bits per heavy atom. The predicted molar refractivity (Wildman–Crippen MR) is 113 cm³/mol. The van der Waals surface area contributed by atoms with Crippen LogP contribution in [0.4, 0.5) is 0 Å². The van der Waals surface area contributed by atoms with Crippen LogP contribution < -0.4 is 10.6 Å². The molecule has 2 N–H and O–H groups in total. The van der Waals surface area contributed by atoms with E-state index < -0.39 is 14.6 Å². The number of nitrogens with zero attached hydrogens (tertiary/aromatic N) is 2. The molecule has 0 bridgehead atoms. The van der Waals surface area contributed by atoms with E-state index in [0.29, 0.717) is 18.5 Å². The Balaban J connectivity index is 0.00000529. The monoisotopic (exact) mass is 474 g/mol. The van der Waals surface area contributed by atoms with Gasteiger partial charge in [-0.15, -0.1) is 24.0 Å². The largest absolute Gasteiger partial charge is 0.357 e. The van der Waals surface area contributed by atoms with Crippen LogP contribution in [0.25, 0.3) is 0 Å². The summed E-state index contributed by atoms with van der Waals surface area (Å²) in [6.07, 6.45) is 2.43. The summed E-state index contributed by atoms with van der Waals surface area (Å²) in [6.45, 7) is 13.5. The molecule has 144 valence electrons. The minimum atomic E-state index is -3.11. The summed E-state index contributed by atoms with van der Waals surface area (Å²) < 4.78 is 23.6. The van der Waals surface area contributed by atoms with Crippen LogP contribution in [0, 0.1) is 0 Å². The highest BCUT2D eigenvalue weighted by Crippen LogP contribution is 2.17. The van der Waals surface area contributed by atoms with E-state index in [1.807, 2.05) is 6.92 Å².